The Balaban J connectivity index is 1.60. The second-order valence-corrected chi connectivity index (χ2v) is 7.55. The predicted molar refractivity (Wildman–Crippen MR) is 123 cm³/mol. The summed E-state index contributed by atoms with van der Waals surface area (Å²) in [6, 6.07) is 15.6. The van der Waals surface area contributed by atoms with E-state index in [0.29, 0.717) is 29.1 Å². The first-order valence-corrected chi connectivity index (χ1v) is 10.2. The molecule has 0 aromatic heterocycles. The van der Waals surface area contributed by atoms with Crippen LogP contribution < -0.4 is 15.0 Å². The summed E-state index contributed by atoms with van der Waals surface area (Å²) in [7, 11) is 1.62. The van der Waals surface area contributed by atoms with Gasteiger partial charge in [0.15, 0.2) is 6.61 Å². The van der Waals surface area contributed by atoms with E-state index in [0.717, 1.165) is 11.6 Å². The number of carbonyl (C=O) groups excluding carboxylic acids is 2. The second kappa shape index (κ2) is 10.2. The van der Waals surface area contributed by atoms with E-state index in [1.807, 2.05) is 19.1 Å². The quantitative estimate of drug-likeness (QED) is 0.364. The number of nitro groups is 1. The van der Waals surface area contributed by atoms with Crippen molar-refractivity contribution >= 4 is 28.9 Å². The lowest BCUT2D eigenvalue weighted by atomic mass is 10.1. The van der Waals surface area contributed by atoms with Gasteiger partial charge in [-0.05, 0) is 55.5 Å². The molecule has 3 aromatic rings. The molecular formula is C24H20F3N3O5. The third kappa shape index (κ3) is 6.34. The highest BCUT2D eigenvalue weighted by molar-refractivity contribution is 6.05. The van der Waals surface area contributed by atoms with Crippen LogP contribution in [-0.4, -0.2) is 30.4 Å². The van der Waals surface area contributed by atoms with Crippen molar-refractivity contribution in [1.29, 1.82) is 0 Å². The van der Waals surface area contributed by atoms with Gasteiger partial charge in [0, 0.05) is 30.1 Å². The Bertz CT molecular complexity index is 1240. The van der Waals surface area contributed by atoms with Crippen LogP contribution in [0.5, 0.6) is 5.75 Å². The number of rotatable bonds is 7. The molecule has 0 saturated carbocycles. The van der Waals surface area contributed by atoms with Gasteiger partial charge < -0.3 is 15.0 Å². The molecule has 2 amide bonds. The number of benzene rings is 3. The van der Waals surface area contributed by atoms with E-state index in [2.05, 4.69) is 5.32 Å². The van der Waals surface area contributed by atoms with Gasteiger partial charge in [-0.2, -0.15) is 13.2 Å². The van der Waals surface area contributed by atoms with Gasteiger partial charge in [0.05, 0.1) is 4.92 Å². The molecule has 0 bridgehead atoms. The lowest BCUT2D eigenvalue weighted by molar-refractivity contribution is -0.388. The molecule has 0 atom stereocenters. The van der Waals surface area contributed by atoms with Crippen molar-refractivity contribution in [3.05, 3.63) is 93.5 Å². The number of carbonyl (C=O) groups is 2. The van der Waals surface area contributed by atoms with Crippen LogP contribution in [0.15, 0.2) is 66.7 Å². The minimum atomic E-state index is -4.96. The lowest BCUT2D eigenvalue weighted by Gasteiger charge is -2.18. The Hall–Kier alpha value is -4.41. The molecule has 0 aliphatic carbocycles. The van der Waals surface area contributed by atoms with Crippen molar-refractivity contribution in [1.82, 2.24) is 0 Å². The summed E-state index contributed by atoms with van der Waals surface area (Å²) in [6.07, 6.45) is -4.96. The second-order valence-electron chi connectivity index (χ2n) is 7.55. The topological polar surface area (TPSA) is 102 Å². The number of aryl methyl sites for hydroxylation is 1. The van der Waals surface area contributed by atoms with E-state index in [1.165, 1.54) is 17.0 Å². The zero-order valence-corrected chi connectivity index (χ0v) is 18.6. The normalized spacial score (nSPS) is 11.0. The molecule has 11 heteroatoms. The standard InChI is InChI=1S/C24H20F3N3O5/c1-15-3-5-16(6-4-15)23(32)29(2)18-8-10-19(11-9-18)35-14-22(31)28-17-7-12-21(30(33)34)20(13-17)24(25,26)27/h3-13H,14H2,1-2H3,(H,28,31). The molecule has 0 heterocycles. The molecule has 0 spiro atoms. The number of anilines is 2. The van der Waals surface area contributed by atoms with Crippen molar-refractivity contribution in [2.24, 2.45) is 0 Å². The lowest BCUT2D eigenvalue weighted by Crippen LogP contribution is -2.26. The van der Waals surface area contributed by atoms with Crippen LogP contribution in [0.3, 0.4) is 0 Å². The Morgan fingerprint density at radius 3 is 2.23 bits per heavy atom. The van der Waals surface area contributed by atoms with E-state index < -0.39 is 34.9 Å². The van der Waals surface area contributed by atoms with Crippen LogP contribution in [0.25, 0.3) is 0 Å². The van der Waals surface area contributed by atoms with Crippen molar-refractivity contribution in [3.8, 4) is 5.75 Å². The van der Waals surface area contributed by atoms with E-state index in [4.69, 9.17) is 4.74 Å². The van der Waals surface area contributed by atoms with Crippen LogP contribution in [-0.2, 0) is 11.0 Å². The molecule has 0 fully saturated rings. The first-order valence-electron chi connectivity index (χ1n) is 10.2. The molecule has 35 heavy (non-hydrogen) atoms. The molecule has 3 rings (SSSR count). The van der Waals surface area contributed by atoms with E-state index in [9.17, 15) is 32.9 Å². The van der Waals surface area contributed by atoms with Gasteiger partial charge in [0.25, 0.3) is 17.5 Å². The summed E-state index contributed by atoms with van der Waals surface area (Å²) in [5.41, 5.74) is -0.709. The molecule has 0 aliphatic rings. The van der Waals surface area contributed by atoms with Crippen LogP contribution in [0.2, 0.25) is 0 Å². The minimum absolute atomic E-state index is 0.209. The molecule has 3 aromatic carbocycles. The number of nitrogens with zero attached hydrogens (tertiary/aromatic N) is 2. The Morgan fingerprint density at radius 1 is 1.03 bits per heavy atom. The van der Waals surface area contributed by atoms with Gasteiger partial charge >= 0.3 is 6.18 Å². The summed E-state index contributed by atoms with van der Waals surface area (Å²) in [6.45, 7) is 1.40. The van der Waals surface area contributed by atoms with Gasteiger partial charge in [0.2, 0.25) is 0 Å². The maximum atomic E-state index is 13.1. The summed E-state index contributed by atoms with van der Waals surface area (Å²) in [5, 5.41) is 13.0. The summed E-state index contributed by atoms with van der Waals surface area (Å²) < 4.78 is 44.6. The van der Waals surface area contributed by atoms with E-state index in [1.54, 1.807) is 31.3 Å². The SMILES string of the molecule is Cc1ccc(C(=O)N(C)c2ccc(OCC(=O)Nc3ccc([N+](=O)[O-])c(C(F)(F)F)c3)cc2)cc1. The molecule has 0 unspecified atom stereocenters. The van der Waals surface area contributed by atoms with Crippen LogP contribution in [0, 0.1) is 17.0 Å². The van der Waals surface area contributed by atoms with Crippen LogP contribution in [0.1, 0.15) is 21.5 Å². The highest BCUT2D eigenvalue weighted by atomic mass is 19.4. The van der Waals surface area contributed by atoms with Crippen molar-refractivity contribution in [3.63, 3.8) is 0 Å². The fourth-order valence-electron chi connectivity index (χ4n) is 3.12. The van der Waals surface area contributed by atoms with Crippen LogP contribution >= 0.6 is 0 Å². The minimum Gasteiger partial charge on any atom is -0.484 e. The Morgan fingerprint density at radius 2 is 1.66 bits per heavy atom. The van der Waals surface area contributed by atoms with Gasteiger partial charge in [0.1, 0.15) is 11.3 Å². The van der Waals surface area contributed by atoms with Crippen molar-refractivity contribution in [2.75, 3.05) is 23.9 Å². The van der Waals surface area contributed by atoms with Crippen LogP contribution in [0.4, 0.5) is 30.2 Å². The van der Waals surface area contributed by atoms with Gasteiger partial charge in [-0.3, -0.25) is 19.7 Å². The van der Waals surface area contributed by atoms with Gasteiger partial charge in [-0.15, -0.1) is 0 Å². The van der Waals surface area contributed by atoms with E-state index in [-0.39, 0.29) is 11.6 Å². The summed E-state index contributed by atoms with van der Waals surface area (Å²) in [5.74, 6) is -0.679. The molecule has 1 N–H and O–H groups in total. The maximum absolute atomic E-state index is 13.1. The molecule has 0 aliphatic heterocycles. The molecule has 0 radical (unpaired) electrons. The average Bonchev–Trinajstić information content (AvgIpc) is 2.82. The van der Waals surface area contributed by atoms with Crippen molar-refractivity contribution in [2.45, 2.75) is 13.1 Å². The van der Waals surface area contributed by atoms with E-state index >= 15 is 0 Å². The fraction of sp³-hybridized carbons (Fsp3) is 0.167. The number of halogens is 3. The third-order valence-corrected chi connectivity index (χ3v) is 4.98. The highest BCUT2D eigenvalue weighted by Gasteiger charge is 2.38. The number of nitro benzene ring substituents is 1. The number of alkyl halides is 3. The Labute approximate surface area is 198 Å². The fourth-order valence-corrected chi connectivity index (χ4v) is 3.12. The molecular weight excluding hydrogens is 467 g/mol. The maximum Gasteiger partial charge on any atom is 0.423 e. The molecule has 182 valence electrons. The zero-order valence-electron chi connectivity index (χ0n) is 18.6. The Kier molecular flexibility index (Phi) is 7.38. The number of hydrogen-bond acceptors (Lipinski definition) is 5. The monoisotopic (exact) mass is 487 g/mol. The summed E-state index contributed by atoms with van der Waals surface area (Å²) >= 11 is 0. The third-order valence-electron chi connectivity index (χ3n) is 4.98. The predicted octanol–water partition coefficient (Wildman–Crippen LogP) is 5.22. The molecule has 8 nitrogen and oxygen atoms in total. The smallest absolute Gasteiger partial charge is 0.423 e. The van der Waals surface area contributed by atoms with Crippen molar-refractivity contribution < 1.29 is 32.4 Å². The first-order chi connectivity index (χ1) is 16.5. The molecule has 0 saturated heterocycles. The number of ether oxygens (including phenoxy) is 1. The average molecular weight is 487 g/mol. The summed E-state index contributed by atoms with van der Waals surface area (Å²) in [4.78, 5) is 35.8. The first kappa shape index (κ1) is 25.2. The largest absolute Gasteiger partial charge is 0.484 e. The number of amides is 2. The van der Waals surface area contributed by atoms with Gasteiger partial charge in [-0.25, -0.2) is 0 Å². The number of nitrogens with one attached hydrogen (secondary N) is 1. The highest BCUT2D eigenvalue weighted by Crippen LogP contribution is 2.37. The number of hydrogen-bond donors (Lipinski definition) is 1. The van der Waals surface area contributed by atoms with Gasteiger partial charge in [-0.1, -0.05) is 17.7 Å². The zero-order chi connectivity index (χ0) is 25.8.